The van der Waals surface area contributed by atoms with E-state index in [9.17, 15) is 14.0 Å². The second-order valence-corrected chi connectivity index (χ2v) is 11.1. The normalized spacial score (nSPS) is 18.9. The summed E-state index contributed by atoms with van der Waals surface area (Å²) in [6.07, 6.45) is 3.58. The molecule has 1 amide bonds. The van der Waals surface area contributed by atoms with Crippen molar-refractivity contribution in [2.45, 2.75) is 53.1 Å². The number of pyridine rings is 2. The Bertz CT molecular complexity index is 1640. The van der Waals surface area contributed by atoms with Crippen LogP contribution in [0, 0.1) is 19.7 Å². The molecule has 1 aromatic carbocycles. The average molecular weight is 548 g/mol. The number of hydrogen-bond acceptors (Lipinski definition) is 6. The van der Waals surface area contributed by atoms with Crippen molar-refractivity contribution in [2.24, 2.45) is 0 Å². The highest BCUT2D eigenvalue weighted by Gasteiger charge is 2.30. The largest absolute Gasteiger partial charge is 0.350 e. The highest BCUT2D eigenvalue weighted by molar-refractivity contribution is 6.07. The highest BCUT2D eigenvalue weighted by Crippen LogP contribution is 2.31. The first-order chi connectivity index (χ1) is 18.7. The van der Waals surface area contributed by atoms with Crippen molar-refractivity contribution in [3.63, 3.8) is 0 Å². The molecule has 0 bridgehead atoms. The van der Waals surface area contributed by atoms with Gasteiger partial charge in [0.1, 0.15) is 11.6 Å². The van der Waals surface area contributed by atoms with Gasteiger partial charge in [0.25, 0.3) is 11.5 Å². The third kappa shape index (κ3) is 4.74. The molecule has 1 N–H and O–H groups in total. The molecule has 0 spiro atoms. The summed E-state index contributed by atoms with van der Waals surface area (Å²) in [4.78, 5) is 40.5. The van der Waals surface area contributed by atoms with Crippen LogP contribution in [0.1, 0.15) is 54.8 Å². The average Bonchev–Trinajstić information content (AvgIpc) is 3.36. The molecular weight excluding hydrogens is 509 g/mol. The number of benzene rings is 1. The Morgan fingerprint density at radius 2 is 1.82 bits per heavy atom. The highest BCUT2D eigenvalue weighted by atomic mass is 19.1. The molecule has 0 unspecified atom stereocenters. The number of H-pyrrole nitrogens is 1. The lowest BCUT2D eigenvalue weighted by atomic mass is 10.0. The summed E-state index contributed by atoms with van der Waals surface area (Å²) in [6, 6.07) is 7.21. The standard InChI is InChI=1S/C29H34FN7O2.CH4/c1-17-13-25-22(27-23(28(38)33-25)15-31-37(27)20-7-9-34(4)10-8-20)14-21(17)29(39)35-11-12-36(18(2)16-35)26-6-5-24(30)19(3)32-26;/h5-6,13-15,18,20H,7-12,16H2,1-4H3,(H,33,38);1H4/t18-;/m0./s1. The number of aromatic nitrogens is 4. The van der Waals surface area contributed by atoms with Gasteiger partial charge in [-0.1, -0.05) is 7.43 Å². The Balaban J connectivity index is 0.00000323. The van der Waals surface area contributed by atoms with Crippen molar-refractivity contribution >= 4 is 33.5 Å². The van der Waals surface area contributed by atoms with Crippen LogP contribution in [0.25, 0.3) is 21.8 Å². The monoisotopic (exact) mass is 547 g/mol. The number of amides is 1. The van der Waals surface area contributed by atoms with E-state index < -0.39 is 0 Å². The molecular formula is C30H38FN7O2. The van der Waals surface area contributed by atoms with Crippen LogP contribution < -0.4 is 10.5 Å². The number of anilines is 1. The third-order valence-corrected chi connectivity index (χ3v) is 8.39. The van der Waals surface area contributed by atoms with Crippen LogP contribution in [0.3, 0.4) is 0 Å². The minimum atomic E-state index is -0.320. The minimum absolute atomic E-state index is 0. The van der Waals surface area contributed by atoms with Gasteiger partial charge >= 0.3 is 0 Å². The van der Waals surface area contributed by atoms with Crippen LogP contribution in [-0.4, -0.2) is 81.3 Å². The van der Waals surface area contributed by atoms with Crippen LogP contribution in [0.5, 0.6) is 0 Å². The number of halogens is 1. The predicted octanol–water partition coefficient (Wildman–Crippen LogP) is 4.28. The Morgan fingerprint density at radius 1 is 1.07 bits per heavy atom. The van der Waals surface area contributed by atoms with E-state index in [4.69, 9.17) is 0 Å². The lowest BCUT2D eigenvalue weighted by Crippen LogP contribution is -2.54. The molecule has 2 aliphatic heterocycles. The van der Waals surface area contributed by atoms with E-state index in [-0.39, 0.29) is 36.8 Å². The topological polar surface area (TPSA) is 90.4 Å². The molecule has 212 valence electrons. The van der Waals surface area contributed by atoms with E-state index in [0.29, 0.717) is 41.8 Å². The van der Waals surface area contributed by atoms with Gasteiger partial charge in [0.2, 0.25) is 0 Å². The summed E-state index contributed by atoms with van der Waals surface area (Å²) in [5.41, 5.74) is 3.17. The van der Waals surface area contributed by atoms with Crippen LogP contribution in [0.2, 0.25) is 0 Å². The number of piperazine rings is 1. The summed E-state index contributed by atoms with van der Waals surface area (Å²) < 4.78 is 15.8. The molecule has 0 saturated carbocycles. The molecule has 6 rings (SSSR count). The Labute approximate surface area is 233 Å². The maximum Gasteiger partial charge on any atom is 0.259 e. The molecule has 5 heterocycles. The van der Waals surface area contributed by atoms with Crippen molar-refractivity contribution in [3.8, 4) is 0 Å². The molecule has 2 fully saturated rings. The first-order valence-electron chi connectivity index (χ1n) is 13.6. The number of carbonyl (C=O) groups excluding carboxylic acids is 1. The molecule has 2 saturated heterocycles. The number of nitrogens with one attached hydrogen (secondary N) is 1. The van der Waals surface area contributed by atoms with Gasteiger partial charge in [-0.05, 0) is 83.6 Å². The van der Waals surface area contributed by atoms with Crippen molar-refractivity contribution in [2.75, 3.05) is 44.7 Å². The molecule has 0 radical (unpaired) electrons. The van der Waals surface area contributed by atoms with Crippen LogP contribution in [-0.2, 0) is 0 Å². The van der Waals surface area contributed by atoms with Crippen molar-refractivity contribution < 1.29 is 9.18 Å². The fourth-order valence-electron chi connectivity index (χ4n) is 6.08. The quantitative estimate of drug-likeness (QED) is 0.412. The van der Waals surface area contributed by atoms with Gasteiger partial charge in [-0.2, -0.15) is 5.10 Å². The van der Waals surface area contributed by atoms with Crippen molar-refractivity contribution in [3.05, 3.63) is 63.5 Å². The maximum atomic E-state index is 13.9. The van der Waals surface area contributed by atoms with Crippen LogP contribution in [0.4, 0.5) is 10.2 Å². The third-order valence-electron chi connectivity index (χ3n) is 8.39. The number of carbonyl (C=O) groups is 1. The van der Waals surface area contributed by atoms with E-state index in [1.165, 1.54) is 6.07 Å². The lowest BCUT2D eigenvalue weighted by Gasteiger charge is -2.40. The number of aromatic amines is 1. The SMILES string of the molecule is C.Cc1cc2[nH]c(=O)c3cnn(C4CCN(C)CC4)c3c2cc1C(=O)N1CCN(c2ccc(F)c(C)n2)[C@@H](C)C1. The molecule has 40 heavy (non-hydrogen) atoms. The number of piperidine rings is 1. The molecule has 3 aromatic heterocycles. The Morgan fingerprint density at radius 3 is 2.52 bits per heavy atom. The lowest BCUT2D eigenvalue weighted by molar-refractivity contribution is 0.0725. The number of aryl methyl sites for hydroxylation is 2. The zero-order chi connectivity index (χ0) is 27.4. The molecule has 10 heteroatoms. The van der Waals surface area contributed by atoms with Gasteiger partial charge in [0, 0.05) is 36.6 Å². The number of rotatable bonds is 3. The smallest absolute Gasteiger partial charge is 0.259 e. The Kier molecular flexibility index (Phi) is 7.39. The molecule has 0 aliphatic carbocycles. The van der Waals surface area contributed by atoms with Crippen LogP contribution >= 0.6 is 0 Å². The summed E-state index contributed by atoms with van der Waals surface area (Å²) in [5.74, 6) is 0.373. The number of fused-ring (bicyclic) bond motifs is 3. The summed E-state index contributed by atoms with van der Waals surface area (Å²) in [5, 5.41) is 6.04. The van der Waals surface area contributed by atoms with Gasteiger partial charge in [-0.15, -0.1) is 0 Å². The zero-order valence-electron chi connectivity index (χ0n) is 22.9. The maximum absolute atomic E-state index is 13.9. The second-order valence-electron chi connectivity index (χ2n) is 11.1. The minimum Gasteiger partial charge on any atom is -0.350 e. The first kappa shape index (κ1) is 27.8. The Hall–Kier alpha value is -3.79. The van der Waals surface area contributed by atoms with Gasteiger partial charge in [0.05, 0.1) is 34.4 Å². The van der Waals surface area contributed by atoms with Crippen molar-refractivity contribution in [1.29, 1.82) is 0 Å². The van der Waals surface area contributed by atoms with E-state index in [1.807, 2.05) is 28.6 Å². The molecule has 1 atom stereocenters. The fourth-order valence-corrected chi connectivity index (χ4v) is 6.08. The van der Waals surface area contributed by atoms with Gasteiger partial charge < -0.3 is 19.7 Å². The van der Waals surface area contributed by atoms with Gasteiger partial charge in [-0.3, -0.25) is 14.3 Å². The van der Waals surface area contributed by atoms with E-state index >= 15 is 0 Å². The molecule has 9 nitrogen and oxygen atoms in total. The second kappa shape index (κ2) is 10.6. The van der Waals surface area contributed by atoms with Crippen molar-refractivity contribution in [1.82, 2.24) is 29.5 Å². The van der Waals surface area contributed by atoms with Crippen LogP contribution in [0.15, 0.2) is 35.3 Å². The van der Waals surface area contributed by atoms with Gasteiger partial charge in [0.15, 0.2) is 0 Å². The number of likely N-dealkylation sites (tertiary alicyclic amines) is 1. The fraction of sp³-hybridized carbons (Fsp3) is 0.467. The number of nitrogens with zero attached hydrogens (tertiary/aromatic N) is 6. The summed E-state index contributed by atoms with van der Waals surface area (Å²) in [6.45, 7) is 9.26. The zero-order valence-corrected chi connectivity index (χ0v) is 22.9. The van der Waals surface area contributed by atoms with E-state index in [1.54, 1.807) is 19.2 Å². The van der Waals surface area contributed by atoms with E-state index in [0.717, 1.165) is 48.2 Å². The molecule has 2 aliphatic rings. The first-order valence-corrected chi connectivity index (χ1v) is 13.6. The number of hydrogen-bond donors (Lipinski definition) is 1. The summed E-state index contributed by atoms with van der Waals surface area (Å²) in [7, 11) is 2.12. The van der Waals surface area contributed by atoms with Gasteiger partial charge in [-0.25, -0.2) is 9.37 Å². The molecule has 4 aromatic rings. The summed E-state index contributed by atoms with van der Waals surface area (Å²) >= 11 is 0. The predicted molar refractivity (Wildman–Crippen MR) is 157 cm³/mol. The van der Waals surface area contributed by atoms with E-state index in [2.05, 4.69) is 38.8 Å².